The summed E-state index contributed by atoms with van der Waals surface area (Å²) >= 11 is 0. The molecule has 262 valence electrons. The van der Waals surface area contributed by atoms with E-state index in [2.05, 4.69) is 25.5 Å². The van der Waals surface area contributed by atoms with Gasteiger partial charge in [-0.15, -0.1) is 0 Å². The molecule has 12 nitrogen and oxygen atoms in total. The summed E-state index contributed by atoms with van der Waals surface area (Å²) in [4.78, 5) is 21.3. The molecular weight excluding hydrogens is 656 g/mol. The number of pyridine rings is 2. The van der Waals surface area contributed by atoms with E-state index in [1.807, 2.05) is 88.0 Å². The van der Waals surface area contributed by atoms with Crippen LogP contribution in [0.5, 0.6) is 28.7 Å². The Bertz CT molecular complexity index is 2250. The second-order valence-electron chi connectivity index (χ2n) is 11.7. The smallest absolute Gasteiger partial charge is 0.255 e. The van der Waals surface area contributed by atoms with Crippen molar-refractivity contribution >= 4 is 17.3 Å². The van der Waals surface area contributed by atoms with Gasteiger partial charge in [-0.1, -0.05) is 19.1 Å². The van der Waals surface area contributed by atoms with E-state index in [0.29, 0.717) is 46.5 Å². The minimum Gasteiger partial charge on any atom is -0.494 e. The average Bonchev–Trinajstić information content (AvgIpc) is 3.80. The molecule has 3 N–H and O–H groups in total. The summed E-state index contributed by atoms with van der Waals surface area (Å²) in [6, 6.07) is 29.0. The first-order valence-electron chi connectivity index (χ1n) is 16.6. The van der Waals surface area contributed by atoms with Gasteiger partial charge in [0, 0.05) is 91.2 Å². The number of nitrogens with two attached hydrogens (primary N) is 1. The molecule has 0 atom stereocenters. The highest BCUT2D eigenvalue weighted by Crippen LogP contribution is 2.28. The molecule has 0 aliphatic carbocycles. The number of aromatic nitrogens is 6. The monoisotopic (exact) mass is 694 g/mol. The summed E-state index contributed by atoms with van der Waals surface area (Å²) in [6.45, 7) is 2.70. The Morgan fingerprint density at radius 3 is 1.79 bits per heavy atom. The van der Waals surface area contributed by atoms with Crippen molar-refractivity contribution in [1.82, 2.24) is 29.5 Å². The number of nitrogens with one attached hydrogen (secondary N) is 1. The van der Waals surface area contributed by atoms with Crippen LogP contribution >= 0.6 is 0 Å². The molecule has 4 heterocycles. The number of anilines is 2. The van der Waals surface area contributed by atoms with Gasteiger partial charge < -0.3 is 25.3 Å². The Morgan fingerprint density at radius 2 is 1.25 bits per heavy atom. The standard InChI is InChI=1S/C25H24N4O3.C15H14N4O/c1-3-13-31-21-9-7-18(8-10-21)25(30)28-20-5-4-6-22(14-20)32-23-11-12-26-24(15-23)19-16-27-29(2)17-19;1-19-10-11(9-18-19)15-8-14(5-6-17-15)20-13-4-2-3-12(16)7-13/h4-12,14-17H,3,13H2,1-2H3,(H,28,30);2-10H,16H2,1H3. The maximum absolute atomic E-state index is 12.6. The van der Waals surface area contributed by atoms with Gasteiger partial charge in [-0.05, 0) is 67.1 Å². The number of ether oxygens (including phenoxy) is 3. The van der Waals surface area contributed by atoms with Gasteiger partial charge in [0.15, 0.2) is 0 Å². The number of nitrogens with zero attached hydrogens (tertiary/aromatic N) is 6. The van der Waals surface area contributed by atoms with Crippen LogP contribution in [0.1, 0.15) is 23.7 Å². The van der Waals surface area contributed by atoms with E-state index in [9.17, 15) is 4.79 Å². The number of rotatable bonds is 11. The largest absolute Gasteiger partial charge is 0.494 e. The van der Waals surface area contributed by atoms with Crippen molar-refractivity contribution in [3.05, 3.63) is 140 Å². The topological polar surface area (TPSA) is 144 Å². The van der Waals surface area contributed by atoms with Crippen LogP contribution in [0.3, 0.4) is 0 Å². The molecule has 0 saturated heterocycles. The summed E-state index contributed by atoms with van der Waals surface area (Å²) in [5.41, 5.74) is 11.0. The molecule has 0 fully saturated rings. The lowest BCUT2D eigenvalue weighted by Crippen LogP contribution is -2.11. The predicted molar refractivity (Wildman–Crippen MR) is 201 cm³/mol. The normalized spacial score (nSPS) is 10.5. The highest BCUT2D eigenvalue weighted by atomic mass is 16.5. The Labute approximate surface area is 301 Å². The minimum absolute atomic E-state index is 0.202. The molecule has 0 saturated carbocycles. The molecule has 3 aromatic carbocycles. The number of benzene rings is 3. The molecule has 0 unspecified atom stereocenters. The van der Waals surface area contributed by atoms with E-state index in [0.717, 1.165) is 34.7 Å². The van der Waals surface area contributed by atoms with Gasteiger partial charge in [0.25, 0.3) is 5.91 Å². The molecule has 52 heavy (non-hydrogen) atoms. The van der Waals surface area contributed by atoms with Crippen molar-refractivity contribution in [2.24, 2.45) is 14.1 Å². The number of nitrogen functional groups attached to an aromatic ring is 1. The van der Waals surface area contributed by atoms with Crippen LogP contribution in [0.2, 0.25) is 0 Å². The molecular formula is C40H38N8O4. The van der Waals surface area contributed by atoms with Crippen LogP contribution in [0.15, 0.2) is 134 Å². The summed E-state index contributed by atoms with van der Waals surface area (Å²) in [5.74, 6) is 3.21. The quantitative estimate of drug-likeness (QED) is 0.128. The first kappa shape index (κ1) is 34.9. The third kappa shape index (κ3) is 9.60. The molecule has 7 aromatic rings. The predicted octanol–water partition coefficient (Wildman–Crippen LogP) is 8.17. The molecule has 4 aromatic heterocycles. The molecule has 12 heteroatoms. The zero-order valence-corrected chi connectivity index (χ0v) is 29.0. The molecule has 0 bridgehead atoms. The second kappa shape index (κ2) is 16.6. The third-order valence-electron chi connectivity index (χ3n) is 7.47. The van der Waals surface area contributed by atoms with Crippen LogP contribution in [-0.2, 0) is 14.1 Å². The van der Waals surface area contributed by atoms with Crippen molar-refractivity contribution < 1.29 is 19.0 Å². The van der Waals surface area contributed by atoms with E-state index < -0.39 is 0 Å². The van der Waals surface area contributed by atoms with E-state index in [4.69, 9.17) is 19.9 Å². The van der Waals surface area contributed by atoms with Gasteiger partial charge in [0.05, 0.1) is 30.4 Å². The van der Waals surface area contributed by atoms with Gasteiger partial charge in [-0.2, -0.15) is 10.2 Å². The molecule has 7 rings (SSSR count). The molecule has 0 aliphatic heterocycles. The molecule has 1 amide bonds. The lowest BCUT2D eigenvalue weighted by atomic mass is 10.2. The molecule has 0 radical (unpaired) electrons. The number of amides is 1. The van der Waals surface area contributed by atoms with Gasteiger partial charge in [-0.3, -0.25) is 24.1 Å². The Hall–Kier alpha value is -6.95. The maximum atomic E-state index is 12.6. The summed E-state index contributed by atoms with van der Waals surface area (Å²) in [6.07, 6.45) is 11.7. The zero-order chi connectivity index (χ0) is 36.3. The van der Waals surface area contributed by atoms with Crippen molar-refractivity contribution in [1.29, 1.82) is 0 Å². The van der Waals surface area contributed by atoms with Crippen LogP contribution < -0.4 is 25.3 Å². The van der Waals surface area contributed by atoms with E-state index in [1.165, 1.54) is 0 Å². The van der Waals surface area contributed by atoms with Gasteiger partial charge in [0.1, 0.15) is 28.7 Å². The first-order chi connectivity index (χ1) is 25.3. The lowest BCUT2D eigenvalue weighted by Gasteiger charge is -2.10. The van der Waals surface area contributed by atoms with Crippen molar-refractivity contribution in [2.45, 2.75) is 13.3 Å². The summed E-state index contributed by atoms with van der Waals surface area (Å²) in [7, 11) is 3.73. The van der Waals surface area contributed by atoms with Crippen LogP contribution in [0.4, 0.5) is 11.4 Å². The number of aryl methyl sites for hydroxylation is 2. The lowest BCUT2D eigenvalue weighted by molar-refractivity contribution is 0.102. The molecule has 0 aliphatic rings. The fourth-order valence-corrected chi connectivity index (χ4v) is 4.99. The highest BCUT2D eigenvalue weighted by Gasteiger charge is 2.09. The van der Waals surface area contributed by atoms with Crippen LogP contribution in [0, 0.1) is 0 Å². The van der Waals surface area contributed by atoms with E-state index >= 15 is 0 Å². The zero-order valence-electron chi connectivity index (χ0n) is 29.0. The van der Waals surface area contributed by atoms with Crippen molar-refractivity contribution in [2.75, 3.05) is 17.7 Å². The minimum atomic E-state index is -0.202. The third-order valence-corrected chi connectivity index (χ3v) is 7.47. The Balaban J connectivity index is 0.000000198. The number of carbonyl (C=O) groups is 1. The van der Waals surface area contributed by atoms with Crippen LogP contribution in [0.25, 0.3) is 22.5 Å². The fraction of sp³-hybridized carbons (Fsp3) is 0.125. The Kier molecular flexibility index (Phi) is 11.2. The van der Waals surface area contributed by atoms with Crippen LogP contribution in [-0.4, -0.2) is 42.0 Å². The first-order valence-corrected chi connectivity index (χ1v) is 16.6. The summed E-state index contributed by atoms with van der Waals surface area (Å²) < 4.78 is 20.8. The number of hydrogen-bond acceptors (Lipinski definition) is 9. The van der Waals surface area contributed by atoms with Crippen molar-refractivity contribution in [3.63, 3.8) is 0 Å². The van der Waals surface area contributed by atoms with E-state index in [-0.39, 0.29) is 5.91 Å². The SMILES string of the molecule is CCCOc1ccc(C(=O)Nc2cccc(Oc3ccnc(-c4cnn(C)c4)c3)c2)cc1.Cn1cc(-c2cc(Oc3cccc(N)c3)ccn2)cn1. The number of hydrogen-bond donors (Lipinski definition) is 2. The van der Waals surface area contributed by atoms with Gasteiger partial charge in [-0.25, -0.2) is 0 Å². The van der Waals surface area contributed by atoms with E-state index in [1.54, 1.807) is 76.6 Å². The fourth-order valence-electron chi connectivity index (χ4n) is 4.99. The summed E-state index contributed by atoms with van der Waals surface area (Å²) in [5, 5.41) is 11.2. The van der Waals surface area contributed by atoms with Crippen molar-refractivity contribution in [3.8, 4) is 51.3 Å². The average molecular weight is 695 g/mol. The number of carbonyl (C=O) groups excluding carboxylic acids is 1. The van der Waals surface area contributed by atoms with Gasteiger partial charge in [0.2, 0.25) is 0 Å². The second-order valence-corrected chi connectivity index (χ2v) is 11.7. The molecule has 0 spiro atoms. The highest BCUT2D eigenvalue weighted by molar-refractivity contribution is 6.04. The van der Waals surface area contributed by atoms with Gasteiger partial charge >= 0.3 is 0 Å². The Morgan fingerprint density at radius 1 is 0.692 bits per heavy atom. The maximum Gasteiger partial charge on any atom is 0.255 e.